The van der Waals surface area contributed by atoms with Crippen LogP contribution in [0.1, 0.15) is 25.8 Å². The highest BCUT2D eigenvalue weighted by Crippen LogP contribution is 2.50. The summed E-state index contributed by atoms with van der Waals surface area (Å²) in [5.41, 5.74) is -0.187. The fraction of sp³-hybridized carbons (Fsp3) is 0.481. The molecule has 6 heterocycles. The number of ether oxygens (including phenoxy) is 2. The van der Waals surface area contributed by atoms with Gasteiger partial charge in [0.05, 0.1) is 54.7 Å². The lowest BCUT2D eigenvalue weighted by Crippen LogP contribution is -2.72. The molecular weight excluding hydrogens is 523 g/mol. The Labute approximate surface area is 227 Å². The molecule has 1 unspecified atom stereocenters. The number of benzene rings is 1. The molecule has 0 saturated carbocycles. The van der Waals surface area contributed by atoms with Gasteiger partial charge in [0, 0.05) is 25.8 Å². The number of nitrogens with one attached hydrogen (secondary N) is 1. The van der Waals surface area contributed by atoms with Crippen LogP contribution < -0.4 is 15.1 Å². The molecule has 12 nitrogen and oxygen atoms in total. The van der Waals surface area contributed by atoms with E-state index in [2.05, 4.69) is 20.4 Å². The summed E-state index contributed by atoms with van der Waals surface area (Å²) in [7, 11) is 0. The lowest BCUT2D eigenvalue weighted by Gasteiger charge is -2.55. The van der Waals surface area contributed by atoms with E-state index >= 15 is 4.39 Å². The first-order chi connectivity index (χ1) is 19.3. The third kappa shape index (κ3) is 3.57. The van der Waals surface area contributed by atoms with E-state index in [0.29, 0.717) is 54.6 Å². The van der Waals surface area contributed by atoms with E-state index in [0.717, 1.165) is 0 Å². The minimum absolute atomic E-state index is 0.0450. The van der Waals surface area contributed by atoms with E-state index < -0.39 is 47.4 Å². The monoisotopic (exact) mass is 550 g/mol. The molecule has 0 radical (unpaired) electrons. The molecule has 208 valence electrons. The fourth-order valence-electron chi connectivity index (χ4n) is 6.73. The molecule has 0 bridgehead atoms. The predicted molar refractivity (Wildman–Crippen MR) is 138 cm³/mol. The van der Waals surface area contributed by atoms with Crippen LogP contribution in [0.5, 0.6) is 0 Å². The molecule has 4 aliphatic rings. The topological polar surface area (TPSA) is 140 Å². The maximum Gasteiger partial charge on any atom is 0.242 e. The second kappa shape index (κ2) is 9.03. The molecule has 7 rings (SSSR count). The first kappa shape index (κ1) is 25.0. The van der Waals surface area contributed by atoms with Crippen LogP contribution >= 0.6 is 0 Å². The number of carbonyl (C=O) groups is 3. The smallest absolute Gasteiger partial charge is 0.242 e. The number of halogens is 1. The minimum atomic E-state index is -1.61. The van der Waals surface area contributed by atoms with Crippen LogP contribution in [0.3, 0.4) is 0 Å². The average molecular weight is 551 g/mol. The van der Waals surface area contributed by atoms with Gasteiger partial charge < -0.3 is 23.8 Å². The van der Waals surface area contributed by atoms with Crippen molar-refractivity contribution >= 4 is 40.2 Å². The zero-order valence-electron chi connectivity index (χ0n) is 22.0. The summed E-state index contributed by atoms with van der Waals surface area (Å²) >= 11 is 0. The number of hydrogen-bond donors (Lipinski definition) is 1. The van der Waals surface area contributed by atoms with Crippen molar-refractivity contribution in [3.8, 4) is 11.4 Å². The quantitative estimate of drug-likeness (QED) is 0.366. The maximum atomic E-state index is 16.4. The largest absolute Gasteiger partial charge is 0.378 e. The van der Waals surface area contributed by atoms with Gasteiger partial charge in [-0.05, 0) is 38.0 Å². The minimum Gasteiger partial charge on any atom is -0.378 e. The Balaban J connectivity index is 1.39. The summed E-state index contributed by atoms with van der Waals surface area (Å²) in [6, 6.07) is 2.59. The summed E-state index contributed by atoms with van der Waals surface area (Å²) in [4.78, 5) is 51.9. The molecule has 1 N–H and O–H groups in total. The number of imide groups is 1. The highest BCUT2D eigenvalue weighted by atomic mass is 19.1. The van der Waals surface area contributed by atoms with Gasteiger partial charge in [-0.1, -0.05) is 5.16 Å². The van der Waals surface area contributed by atoms with Crippen molar-refractivity contribution in [2.45, 2.75) is 44.9 Å². The highest BCUT2D eigenvalue weighted by Gasteiger charge is 2.62. The number of ketones is 1. The SMILES string of the molecule is C[C@@H]1CN2c3c(cc4c(-c5ccnc(N6CCOCC6)n5)noc4c3F)CC3(C(=O)CC(=O)NC3=O)[C@H]2[C@H](C)O1. The van der Waals surface area contributed by atoms with Gasteiger partial charge in [0.2, 0.25) is 23.3 Å². The van der Waals surface area contributed by atoms with Gasteiger partial charge in [-0.25, -0.2) is 14.4 Å². The van der Waals surface area contributed by atoms with Crippen LogP contribution in [0.2, 0.25) is 0 Å². The Hall–Kier alpha value is -3.97. The molecule has 1 spiro atoms. The van der Waals surface area contributed by atoms with Gasteiger partial charge in [0.1, 0.15) is 11.1 Å². The van der Waals surface area contributed by atoms with E-state index in [4.69, 9.17) is 14.0 Å². The standard InChI is InChI=1S/C27H27FN6O6/c1-13-12-34-22-15(11-27(24(34)14(2)39-13)18(35)10-19(36)31-25(27)37)9-16-21(32-40-23(16)20(22)28)17-3-4-29-26(30-17)33-5-7-38-8-6-33/h3-4,9,13-14,24H,5-8,10-12H2,1-2H3,(H,31,36,37)/t13-,14+,24-,27?/m1/s1. The van der Waals surface area contributed by atoms with Gasteiger partial charge in [0.25, 0.3) is 0 Å². The molecule has 3 fully saturated rings. The average Bonchev–Trinajstić information content (AvgIpc) is 3.36. The number of Topliss-reactive ketones (excluding diaryl/α,β-unsaturated/α-hetero) is 1. The second-order valence-electron chi connectivity index (χ2n) is 10.8. The maximum absolute atomic E-state index is 16.4. The first-order valence-electron chi connectivity index (χ1n) is 13.3. The number of fused-ring (bicyclic) bond motifs is 5. The number of piperidine rings is 1. The lowest BCUT2D eigenvalue weighted by atomic mass is 9.63. The molecular formula is C27H27FN6O6. The van der Waals surface area contributed by atoms with E-state index in [1.165, 1.54) is 0 Å². The summed E-state index contributed by atoms with van der Waals surface area (Å²) in [6.45, 7) is 6.28. The Kier molecular flexibility index (Phi) is 5.65. The lowest BCUT2D eigenvalue weighted by molar-refractivity contribution is -0.158. The Bertz CT molecular complexity index is 1550. The van der Waals surface area contributed by atoms with E-state index in [-0.39, 0.29) is 30.3 Å². The van der Waals surface area contributed by atoms with Crippen LogP contribution in [0, 0.1) is 11.2 Å². The van der Waals surface area contributed by atoms with Crippen LogP contribution in [-0.2, 0) is 30.3 Å². The number of hydrogen-bond acceptors (Lipinski definition) is 11. The number of amides is 2. The van der Waals surface area contributed by atoms with Crippen molar-refractivity contribution in [2.24, 2.45) is 5.41 Å². The van der Waals surface area contributed by atoms with E-state index in [1.54, 1.807) is 30.2 Å². The Morgan fingerprint density at radius 2 is 1.98 bits per heavy atom. The summed E-state index contributed by atoms with van der Waals surface area (Å²) in [5.74, 6) is -1.95. The number of aromatic nitrogens is 3. The Morgan fingerprint density at radius 1 is 1.18 bits per heavy atom. The zero-order chi connectivity index (χ0) is 27.8. The molecule has 4 aliphatic heterocycles. The third-order valence-corrected chi connectivity index (χ3v) is 8.36. The Morgan fingerprint density at radius 3 is 2.75 bits per heavy atom. The highest BCUT2D eigenvalue weighted by molar-refractivity contribution is 6.22. The van der Waals surface area contributed by atoms with Crippen molar-refractivity contribution < 1.29 is 32.8 Å². The van der Waals surface area contributed by atoms with Gasteiger partial charge in [0.15, 0.2) is 11.6 Å². The summed E-state index contributed by atoms with van der Waals surface area (Å²) in [6.07, 6.45) is 0.212. The fourth-order valence-corrected chi connectivity index (χ4v) is 6.73. The summed E-state index contributed by atoms with van der Waals surface area (Å²) in [5, 5.41) is 6.90. The van der Waals surface area contributed by atoms with Crippen LogP contribution in [0.25, 0.3) is 22.4 Å². The molecule has 4 atom stereocenters. The number of morpholine rings is 2. The number of rotatable bonds is 2. The molecule has 0 aliphatic carbocycles. The normalized spacial score (nSPS) is 28.6. The number of carbonyl (C=O) groups excluding carboxylic acids is 3. The van der Waals surface area contributed by atoms with Gasteiger partial charge >= 0.3 is 0 Å². The van der Waals surface area contributed by atoms with Crippen molar-refractivity contribution in [2.75, 3.05) is 42.6 Å². The second-order valence-corrected chi connectivity index (χ2v) is 10.8. The van der Waals surface area contributed by atoms with Crippen LogP contribution in [0.15, 0.2) is 22.9 Å². The molecule has 13 heteroatoms. The van der Waals surface area contributed by atoms with Crippen molar-refractivity contribution in [1.82, 2.24) is 20.4 Å². The van der Waals surface area contributed by atoms with Crippen molar-refractivity contribution in [3.05, 3.63) is 29.7 Å². The zero-order valence-corrected chi connectivity index (χ0v) is 22.0. The molecule has 2 aromatic heterocycles. The van der Waals surface area contributed by atoms with Crippen LogP contribution in [0.4, 0.5) is 16.0 Å². The number of anilines is 2. The van der Waals surface area contributed by atoms with Gasteiger partial charge in [-0.3, -0.25) is 19.7 Å². The molecule has 3 aromatic rings. The van der Waals surface area contributed by atoms with Gasteiger partial charge in [-0.15, -0.1) is 0 Å². The predicted octanol–water partition coefficient (Wildman–Crippen LogP) is 1.40. The molecule has 1 aromatic carbocycles. The van der Waals surface area contributed by atoms with Crippen LogP contribution in [-0.4, -0.2) is 83.8 Å². The molecule has 40 heavy (non-hydrogen) atoms. The first-order valence-corrected chi connectivity index (χ1v) is 13.3. The van der Waals surface area contributed by atoms with E-state index in [1.807, 2.05) is 11.8 Å². The third-order valence-electron chi connectivity index (χ3n) is 8.36. The number of nitrogens with zero attached hydrogens (tertiary/aromatic N) is 5. The molecule has 3 saturated heterocycles. The van der Waals surface area contributed by atoms with E-state index in [9.17, 15) is 14.4 Å². The van der Waals surface area contributed by atoms with Gasteiger partial charge in [-0.2, -0.15) is 0 Å². The molecule has 2 amide bonds. The van der Waals surface area contributed by atoms with Crippen molar-refractivity contribution in [1.29, 1.82) is 0 Å². The van der Waals surface area contributed by atoms with Crippen molar-refractivity contribution in [3.63, 3.8) is 0 Å². The summed E-state index contributed by atoms with van der Waals surface area (Å²) < 4.78 is 33.4.